The maximum atomic E-state index is 11.1. The Balaban J connectivity index is 2.10. The van der Waals surface area contributed by atoms with Crippen molar-refractivity contribution >= 4 is 44.8 Å². The Kier molecular flexibility index (Phi) is 3.67. The lowest BCUT2D eigenvalue weighted by Crippen LogP contribution is -2.09. The number of nitrogen functional groups attached to an aromatic ring is 1. The summed E-state index contributed by atoms with van der Waals surface area (Å²) in [6.45, 7) is 0. The molecule has 0 aliphatic carbocycles. The fraction of sp³-hybridized carbons (Fsp3) is 0.111. The Morgan fingerprint density at radius 1 is 1.62 bits per heavy atom. The van der Waals surface area contributed by atoms with Gasteiger partial charge in [0.25, 0.3) is 5.56 Å². The normalized spacial score (nSPS) is 10.6. The van der Waals surface area contributed by atoms with Crippen molar-refractivity contribution < 1.29 is 0 Å². The Hall–Kier alpha value is -0.790. The molecular formula is C9H8BrN3OS2. The molecule has 2 rings (SSSR count). The molecule has 84 valence electrons. The number of rotatable bonds is 3. The monoisotopic (exact) mass is 317 g/mol. The van der Waals surface area contributed by atoms with Crippen LogP contribution >= 0.6 is 39.0 Å². The van der Waals surface area contributed by atoms with Crippen LogP contribution in [0.2, 0.25) is 0 Å². The first-order valence-corrected chi connectivity index (χ1v) is 7.02. The summed E-state index contributed by atoms with van der Waals surface area (Å²) in [7, 11) is 0. The first-order chi connectivity index (χ1) is 7.65. The molecular weight excluding hydrogens is 310 g/mol. The van der Waals surface area contributed by atoms with Gasteiger partial charge in [0.05, 0.1) is 0 Å². The second kappa shape index (κ2) is 5.03. The van der Waals surface area contributed by atoms with E-state index in [1.807, 2.05) is 11.4 Å². The summed E-state index contributed by atoms with van der Waals surface area (Å²) in [5.74, 6) is 1.00. The highest BCUT2D eigenvalue weighted by Crippen LogP contribution is 2.28. The minimum absolute atomic E-state index is 0.222. The van der Waals surface area contributed by atoms with Crippen LogP contribution in [0.4, 0.5) is 5.82 Å². The Labute approximate surface area is 108 Å². The van der Waals surface area contributed by atoms with Gasteiger partial charge in [-0.1, -0.05) is 11.8 Å². The molecule has 0 bridgehead atoms. The van der Waals surface area contributed by atoms with Gasteiger partial charge in [0.15, 0.2) is 5.16 Å². The molecule has 0 amide bonds. The van der Waals surface area contributed by atoms with Crippen molar-refractivity contribution in [2.24, 2.45) is 0 Å². The maximum absolute atomic E-state index is 11.1. The van der Waals surface area contributed by atoms with Crippen LogP contribution in [-0.4, -0.2) is 9.97 Å². The molecule has 0 radical (unpaired) electrons. The summed E-state index contributed by atoms with van der Waals surface area (Å²) in [6.07, 6.45) is 0. The molecule has 7 heteroatoms. The average Bonchev–Trinajstić information content (AvgIpc) is 2.59. The highest BCUT2D eigenvalue weighted by atomic mass is 79.9. The first-order valence-electron chi connectivity index (χ1n) is 4.36. The molecule has 0 aliphatic rings. The van der Waals surface area contributed by atoms with Crippen LogP contribution in [0.15, 0.2) is 31.9 Å². The van der Waals surface area contributed by atoms with E-state index in [4.69, 9.17) is 5.73 Å². The number of nitrogens with zero attached hydrogens (tertiary/aromatic N) is 1. The Morgan fingerprint density at radius 3 is 3.06 bits per heavy atom. The Bertz CT molecular complexity index is 552. The van der Waals surface area contributed by atoms with E-state index < -0.39 is 0 Å². The van der Waals surface area contributed by atoms with E-state index in [1.165, 1.54) is 22.7 Å². The van der Waals surface area contributed by atoms with Crippen LogP contribution in [0.25, 0.3) is 0 Å². The van der Waals surface area contributed by atoms with Crippen molar-refractivity contribution in [1.29, 1.82) is 0 Å². The van der Waals surface area contributed by atoms with E-state index in [0.29, 0.717) is 5.16 Å². The standard InChI is InChI=1S/C9H8BrN3OS2/c10-5-1-2-15-6(5)4-16-9-12-7(11)3-8(14)13-9/h1-3H,4H2,(H3,11,12,13,14). The second-order valence-corrected chi connectivity index (χ2v) is 5.77. The van der Waals surface area contributed by atoms with Gasteiger partial charge in [0.1, 0.15) is 5.82 Å². The van der Waals surface area contributed by atoms with E-state index in [-0.39, 0.29) is 11.4 Å². The molecule has 0 saturated heterocycles. The van der Waals surface area contributed by atoms with Gasteiger partial charge in [0, 0.05) is 21.2 Å². The predicted molar refractivity (Wildman–Crippen MR) is 70.9 cm³/mol. The lowest BCUT2D eigenvalue weighted by molar-refractivity contribution is 0.945. The molecule has 16 heavy (non-hydrogen) atoms. The number of hydrogen-bond acceptors (Lipinski definition) is 5. The number of aromatic nitrogens is 2. The average molecular weight is 318 g/mol. The van der Waals surface area contributed by atoms with Crippen LogP contribution in [-0.2, 0) is 5.75 Å². The smallest absolute Gasteiger partial charge is 0.253 e. The number of H-pyrrole nitrogens is 1. The highest BCUT2D eigenvalue weighted by Gasteiger charge is 2.04. The summed E-state index contributed by atoms with van der Waals surface area (Å²) in [5.41, 5.74) is 5.27. The summed E-state index contributed by atoms with van der Waals surface area (Å²) in [6, 6.07) is 3.27. The molecule has 2 aromatic rings. The zero-order chi connectivity index (χ0) is 11.5. The third kappa shape index (κ3) is 2.87. The molecule has 3 N–H and O–H groups in total. The van der Waals surface area contributed by atoms with Gasteiger partial charge >= 0.3 is 0 Å². The van der Waals surface area contributed by atoms with Crippen LogP contribution < -0.4 is 11.3 Å². The van der Waals surface area contributed by atoms with Gasteiger partial charge in [-0.05, 0) is 27.4 Å². The predicted octanol–water partition coefficient (Wildman–Crippen LogP) is 2.47. The number of nitrogens with one attached hydrogen (secondary N) is 1. The molecule has 0 spiro atoms. The van der Waals surface area contributed by atoms with Gasteiger partial charge < -0.3 is 10.7 Å². The lowest BCUT2D eigenvalue weighted by Gasteiger charge is -2.00. The zero-order valence-electron chi connectivity index (χ0n) is 8.07. The van der Waals surface area contributed by atoms with Crippen LogP contribution in [0.1, 0.15) is 4.88 Å². The Morgan fingerprint density at radius 2 is 2.44 bits per heavy atom. The van der Waals surface area contributed by atoms with Crippen molar-refractivity contribution in [3.05, 3.63) is 37.2 Å². The van der Waals surface area contributed by atoms with E-state index in [0.717, 1.165) is 10.2 Å². The number of halogens is 1. The summed E-state index contributed by atoms with van der Waals surface area (Å²) >= 11 is 6.56. The number of hydrogen-bond donors (Lipinski definition) is 2. The fourth-order valence-corrected chi connectivity index (χ4v) is 3.76. The second-order valence-electron chi connectivity index (χ2n) is 2.96. The molecule has 0 saturated carbocycles. The van der Waals surface area contributed by atoms with Crippen molar-refractivity contribution in [1.82, 2.24) is 9.97 Å². The van der Waals surface area contributed by atoms with E-state index in [2.05, 4.69) is 25.9 Å². The molecule has 0 aliphatic heterocycles. The molecule has 2 aromatic heterocycles. The van der Waals surface area contributed by atoms with Crippen molar-refractivity contribution in [3.8, 4) is 0 Å². The lowest BCUT2D eigenvalue weighted by atomic mass is 10.5. The largest absolute Gasteiger partial charge is 0.383 e. The quantitative estimate of drug-likeness (QED) is 0.674. The molecule has 2 heterocycles. The minimum Gasteiger partial charge on any atom is -0.383 e. The number of thiophene rings is 1. The number of nitrogens with two attached hydrogens (primary N) is 1. The SMILES string of the molecule is Nc1cc(=O)[nH]c(SCc2sccc2Br)n1. The van der Waals surface area contributed by atoms with Crippen molar-refractivity contribution in [2.45, 2.75) is 10.9 Å². The minimum atomic E-state index is -0.222. The van der Waals surface area contributed by atoms with Crippen LogP contribution in [0.5, 0.6) is 0 Å². The van der Waals surface area contributed by atoms with E-state index in [9.17, 15) is 4.79 Å². The number of thioether (sulfide) groups is 1. The van der Waals surface area contributed by atoms with Gasteiger partial charge in [-0.3, -0.25) is 4.79 Å². The molecule has 0 aromatic carbocycles. The third-order valence-electron chi connectivity index (χ3n) is 1.77. The molecule has 0 unspecified atom stereocenters. The van der Waals surface area contributed by atoms with Gasteiger partial charge in [-0.15, -0.1) is 11.3 Å². The van der Waals surface area contributed by atoms with E-state index in [1.54, 1.807) is 11.3 Å². The maximum Gasteiger partial charge on any atom is 0.253 e. The van der Waals surface area contributed by atoms with Crippen LogP contribution in [0.3, 0.4) is 0 Å². The number of anilines is 1. The molecule has 4 nitrogen and oxygen atoms in total. The van der Waals surface area contributed by atoms with Gasteiger partial charge in [-0.25, -0.2) is 4.98 Å². The molecule has 0 fully saturated rings. The summed E-state index contributed by atoms with van der Waals surface area (Å²) in [4.78, 5) is 19.0. The van der Waals surface area contributed by atoms with Gasteiger partial charge in [0.2, 0.25) is 0 Å². The van der Waals surface area contributed by atoms with Crippen molar-refractivity contribution in [3.63, 3.8) is 0 Å². The molecule has 0 atom stereocenters. The highest BCUT2D eigenvalue weighted by molar-refractivity contribution is 9.10. The summed E-state index contributed by atoms with van der Waals surface area (Å²) < 4.78 is 1.08. The van der Waals surface area contributed by atoms with Crippen molar-refractivity contribution in [2.75, 3.05) is 5.73 Å². The number of aromatic amines is 1. The van der Waals surface area contributed by atoms with Crippen LogP contribution in [0, 0.1) is 0 Å². The van der Waals surface area contributed by atoms with E-state index >= 15 is 0 Å². The summed E-state index contributed by atoms with van der Waals surface area (Å²) in [5, 5.41) is 2.56. The first kappa shape index (κ1) is 11.7. The third-order valence-corrected chi connectivity index (χ3v) is 4.78. The fourth-order valence-electron chi connectivity index (χ4n) is 1.08. The topological polar surface area (TPSA) is 71.8 Å². The van der Waals surface area contributed by atoms with Gasteiger partial charge in [-0.2, -0.15) is 0 Å². The zero-order valence-corrected chi connectivity index (χ0v) is 11.3.